The van der Waals surface area contributed by atoms with Crippen LogP contribution >= 0.6 is 0 Å². The van der Waals surface area contributed by atoms with Gasteiger partial charge in [0.15, 0.2) is 5.78 Å². The van der Waals surface area contributed by atoms with Crippen molar-refractivity contribution in [1.82, 2.24) is 4.72 Å². The Morgan fingerprint density at radius 1 is 1.09 bits per heavy atom. The van der Waals surface area contributed by atoms with Gasteiger partial charge in [0.05, 0.1) is 15.9 Å². The first-order chi connectivity index (χ1) is 10.9. The third-order valence-corrected chi connectivity index (χ3v) is 5.17. The van der Waals surface area contributed by atoms with Gasteiger partial charge in [-0.3, -0.25) is 14.9 Å². The molecule has 1 aliphatic carbocycles. The van der Waals surface area contributed by atoms with Crippen LogP contribution in [0.1, 0.15) is 28.4 Å². The van der Waals surface area contributed by atoms with Crippen molar-refractivity contribution in [2.75, 3.05) is 0 Å². The molecule has 0 aliphatic heterocycles. The molecule has 0 fully saturated rings. The van der Waals surface area contributed by atoms with E-state index in [0.717, 1.165) is 12.1 Å². The lowest BCUT2D eigenvalue weighted by atomic mass is 10.1. The molecule has 0 amide bonds. The molecule has 2 aromatic rings. The van der Waals surface area contributed by atoms with Crippen molar-refractivity contribution in [3.05, 3.63) is 69.8 Å². The maximum absolute atomic E-state index is 12.4. The maximum Gasteiger partial charge on any atom is 0.269 e. The minimum absolute atomic E-state index is 0.0611. The topological polar surface area (TPSA) is 106 Å². The van der Waals surface area contributed by atoms with Gasteiger partial charge in [0.25, 0.3) is 5.69 Å². The number of nitrogens with one attached hydrogen (secondary N) is 1. The summed E-state index contributed by atoms with van der Waals surface area (Å²) >= 11 is 0. The van der Waals surface area contributed by atoms with Crippen molar-refractivity contribution in [3.8, 4) is 0 Å². The van der Waals surface area contributed by atoms with Crippen molar-refractivity contribution in [3.63, 3.8) is 0 Å². The highest BCUT2D eigenvalue weighted by Crippen LogP contribution is 2.32. The molecule has 0 unspecified atom stereocenters. The Morgan fingerprint density at radius 3 is 2.39 bits per heavy atom. The summed E-state index contributed by atoms with van der Waals surface area (Å²) in [6.45, 7) is 0. The molecule has 0 spiro atoms. The maximum atomic E-state index is 12.4. The molecule has 1 N–H and O–H groups in total. The number of Topliss-reactive ketones (excluding diaryl/α,β-unsaturated/α-hetero) is 1. The smallest absolute Gasteiger partial charge is 0.269 e. The molecule has 1 atom stereocenters. The van der Waals surface area contributed by atoms with Gasteiger partial charge in [0, 0.05) is 24.1 Å². The monoisotopic (exact) mass is 332 g/mol. The summed E-state index contributed by atoms with van der Waals surface area (Å²) in [6, 6.07) is 10.8. The minimum atomic E-state index is -3.88. The number of hydrogen-bond acceptors (Lipinski definition) is 5. The third kappa shape index (κ3) is 2.86. The van der Waals surface area contributed by atoms with Crippen molar-refractivity contribution < 1.29 is 18.1 Å². The molecule has 0 saturated heterocycles. The molecule has 118 valence electrons. The number of benzene rings is 2. The second-order valence-electron chi connectivity index (χ2n) is 5.14. The zero-order chi connectivity index (χ0) is 16.6. The standard InChI is InChI=1S/C15H12N2O5S/c18-15-9-14(12-3-1-2-4-13(12)15)16-23(21,22)11-7-5-10(6-8-11)17(19)20/h1-8,14,16H,9H2/t14-/m1/s1. The average Bonchev–Trinajstić information content (AvgIpc) is 2.83. The van der Waals surface area contributed by atoms with E-state index in [-0.39, 0.29) is 22.8 Å². The number of sulfonamides is 1. The van der Waals surface area contributed by atoms with Gasteiger partial charge >= 0.3 is 0 Å². The number of nitro groups is 1. The fraction of sp³-hybridized carbons (Fsp3) is 0.133. The van der Waals surface area contributed by atoms with Crippen molar-refractivity contribution in [1.29, 1.82) is 0 Å². The second-order valence-corrected chi connectivity index (χ2v) is 6.85. The fourth-order valence-electron chi connectivity index (χ4n) is 2.57. The number of ketones is 1. The predicted octanol–water partition coefficient (Wildman–Crippen LogP) is 2.20. The lowest BCUT2D eigenvalue weighted by Gasteiger charge is -2.13. The summed E-state index contributed by atoms with van der Waals surface area (Å²) in [5.41, 5.74) is 0.970. The minimum Gasteiger partial charge on any atom is -0.294 e. The van der Waals surface area contributed by atoms with Crippen LogP contribution in [0.25, 0.3) is 0 Å². The number of nitro benzene ring substituents is 1. The van der Waals surface area contributed by atoms with Gasteiger partial charge in [-0.2, -0.15) is 0 Å². The molecule has 0 saturated carbocycles. The van der Waals surface area contributed by atoms with E-state index in [1.54, 1.807) is 24.3 Å². The van der Waals surface area contributed by atoms with Crippen LogP contribution in [0.3, 0.4) is 0 Å². The Labute approximate surface area is 132 Å². The summed E-state index contributed by atoms with van der Waals surface area (Å²) in [5, 5.41) is 10.6. The first-order valence-electron chi connectivity index (χ1n) is 6.77. The number of hydrogen-bond donors (Lipinski definition) is 1. The second kappa shape index (κ2) is 5.56. The van der Waals surface area contributed by atoms with Gasteiger partial charge in [-0.1, -0.05) is 24.3 Å². The Hall–Kier alpha value is -2.58. The van der Waals surface area contributed by atoms with E-state index < -0.39 is 21.0 Å². The van der Waals surface area contributed by atoms with Crippen LogP contribution in [-0.4, -0.2) is 19.1 Å². The molecule has 0 aromatic heterocycles. The largest absolute Gasteiger partial charge is 0.294 e. The predicted molar refractivity (Wildman–Crippen MR) is 81.5 cm³/mol. The number of carbonyl (C=O) groups is 1. The quantitative estimate of drug-likeness (QED) is 0.682. The van der Waals surface area contributed by atoms with Crippen molar-refractivity contribution >= 4 is 21.5 Å². The highest BCUT2D eigenvalue weighted by Gasteiger charge is 2.32. The number of non-ortho nitro benzene ring substituents is 1. The van der Waals surface area contributed by atoms with Crippen LogP contribution in [-0.2, 0) is 10.0 Å². The van der Waals surface area contributed by atoms with E-state index in [9.17, 15) is 23.3 Å². The summed E-state index contributed by atoms with van der Waals surface area (Å²) < 4.78 is 27.3. The number of rotatable bonds is 4. The molecular formula is C15H12N2O5S. The summed E-state index contributed by atoms with van der Waals surface area (Å²) in [4.78, 5) is 21.8. The van der Waals surface area contributed by atoms with E-state index >= 15 is 0 Å². The third-order valence-electron chi connectivity index (χ3n) is 3.68. The number of carbonyl (C=O) groups excluding carboxylic acids is 1. The van der Waals surface area contributed by atoms with Crippen LogP contribution in [0.2, 0.25) is 0 Å². The van der Waals surface area contributed by atoms with E-state index in [1.807, 2.05) is 0 Å². The molecular weight excluding hydrogens is 320 g/mol. The lowest BCUT2D eigenvalue weighted by Crippen LogP contribution is -2.27. The molecule has 23 heavy (non-hydrogen) atoms. The highest BCUT2D eigenvalue weighted by atomic mass is 32.2. The van der Waals surface area contributed by atoms with E-state index in [2.05, 4.69) is 4.72 Å². The number of fused-ring (bicyclic) bond motifs is 1. The Balaban J connectivity index is 1.88. The van der Waals surface area contributed by atoms with Crippen molar-refractivity contribution in [2.45, 2.75) is 17.4 Å². The van der Waals surface area contributed by atoms with Gasteiger partial charge in [-0.15, -0.1) is 0 Å². The molecule has 8 heteroatoms. The lowest BCUT2D eigenvalue weighted by molar-refractivity contribution is -0.384. The highest BCUT2D eigenvalue weighted by molar-refractivity contribution is 7.89. The van der Waals surface area contributed by atoms with Gasteiger partial charge in [0.2, 0.25) is 10.0 Å². The SMILES string of the molecule is O=C1C[C@@H](NS(=O)(=O)c2ccc([N+](=O)[O-])cc2)c2ccccc21. The van der Waals surface area contributed by atoms with E-state index in [0.29, 0.717) is 11.1 Å². The Morgan fingerprint density at radius 2 is 1.74 bits per heavy atom. The molecule has 2 aromatic carbocycles. The van der Waals surface area contributed by atoms with Crippen molar-refractivity contribution in [2.24, 2.45) is 0 Å². The average molecular weight is 332 g/mol. The Kier molecular flexibility index (Phi) is 3.70. The van der Waals surface area contributed by atoms with Gasteiger partial charge in [-0.05, 0) is 17.7 Å². The van der Waals surface area contributed by atoms with Crippen LogP contribution in [0.15, 0.2) is 53.4 Å². The van der Waals surface area contributed by atoms with Crippen LogP contribution in [0, 0.1) is 10.1 Å². The van der Waals surface area contributed by atoms with Crippen LogP contribution in [0.5, 0.6) is 0 Å². The van der Waals surface area contributed by atoms with E-state index in [4.69, 9.17) is 0 Å². The van der Waals surface area contributed by atoms with Gasteiger partial charge in [-0.25, -0.2) is 13.1 Å². The van der Waals surface area contributed by atoms with Gasteiger partial charge < -0.3 is 0 Å². The van der Waals surface area contributed by atoms with Crippen LogP contribution in [0.4, 0.5) is 5.69 Å². The normalized spacial score (nSPS) is 17.0. The first-order valence-corrected chi connectivity index (χ1v) is 8.26. The summed E-state index contributed by atoms with van der Waals surface area (Å²) in [7, 11) is -3.88. The Bertz CT molecular complexity index is 890. The molecule has 0 bridgehead atoms. The van der Waals surface area contributed by atoms with Gasteiger partial charge in [0.1, 0.15) is 0 Å². The molecule has 3 rings (SSSR count). The number of nitrogens with zero attached hydrogens (tertiary/aromatic N) is 1. The zero-order valence-electron chi connectivity index (χ0n) is 11.8. The molecule has 0 heterocycles. The van der Waals surface area contributed by atoms with Crippen LogP contribution < -0.4 is 4.72 Å². The first kappa shape index (κ1) is 15.3. The van der Waals surface area contributed by atoms with E-state index in [1.165, 1.54) is 12.1 Å². The summed E-state index contributed by atoms with van der Waals surface area (Å²) in [5.74, 6) is -0.114. The molecule has 0 radical (unpaired) electrons. The zero-order valence-corrected chi connectivity index (χ0v) is 12.6. The molecule has 7 nitrogen and oxygen atoms in total. The fourth-order valence-corrected chi connectivity index (χ4v) is 3.78. The molecule has 1 aliphatic rings. The summed E-state index contributed by atoms with van der Waals surface area (Å²) in [6.07, 6.45) is 0.0611.